The number of nitrogens with zero attached hydrogens (tertiary/aromatic N) is 2. The van der Waals surface area contributed by atoms with Crippen molar-refractivity contribution in [3.63, 3.8) is 0 Å². The molecule has 0 spiro atoms. The van der Waals surface area contributed by atoms with E-state index in [9.17, 15) is 0 Å². The van der Waals surface area contributed by atoms with Crippen LogP contribution in [0.1, 0.15) is 0 Å². The van der Waals surface area contributed by atoms with Crippen LogP contribution in [0, 0.1) is 0 Å². The summed E-state index contributed by atoms with van der Waals surface area (Å²) in [5.41, 5.74) is 5.51. The molecule has 0 unspecified atom stereocenters. The molecular formula is C39H22N2O2S. The summed E-state index contributed by atoms with van der Waals surface area (Å²) in [5.74, 6) is 0.851. The van der Waals surface area contributed by atoms with Crippen molar-refractivity contribution < 1.29 is 8.83 Å². The van der Waals surface area contributed by atoms with Crippen LogP contribution in [0.3, 0.4) is 0 Å². The molecule has 206 valence electrons. The molecule has 0 saturated heterocycles. The van der Waals surface area contributed by atoms with Crippen molar-refractivity contribution >= 4 is 103 Å². The third-order valence-electron chi connectivity index (χ3n) is 8.70. The van der Waals surface area contributed by atoms with Crippen LogP contribution in [-0.4, -0.2) is 4.98 Å². The first-order chi connectivity index (χ1) is 21.8. The Hall–Kier alpha value is -5.65. The van der Waals surface area contributed by atoms with Crippen molar-refractivity contribution in [3.8, 4) is 0 Å². The molecular weight excluding hydrogens is 561 g/mol. The van der Waals surface area contributed by atoms with Gasteiger partial charge in [-0.2, -0.15) is 0 Å². The molecule has 5 heteroatoms. The molecule has 0 N–H and O–H groups in total. The van der Waals surface area contributed by atoms with E-state index in [0.717, 1.165) is 61.1 Å². The Labute approximate surface area is 255 Å². The van der Waals surface area contributed by atoms with E-state index in [4.69, 9.17) is 13.8 Å². The molecule has 4 nitrogen and oxygen atoms in total. The van der Waals surface area contributed by atoms with E-state index >= 15 is 0 Å². The topological polar surface area (TPSA) is 42.4 Å². The van der Waals surface area contributed by atoms with Gasteiger partial charge in [0, 0.05) is 54.6 Å². The number of aromatic nitrogens is 1. The Morgan fingerprint density at radius 2 is 1.07 bits per heavy atom. The zero-order valence-corrected chi connectivity index (χ0v) is 24.1. The van der Waals surface area contributed by atoms with Gasteiger partial charge in [0.15, 0.2) is 0 Å². The minimum atomic E-state index is 0.851. The van der Waals surface area contributed by atoms with Gasteiger partial charge in [0.25, 0.3) is 0 Å². The van der Waals surface area contributed by atoms with Crippen molar-refractivity contribution in [2.45, 2.75) is 0 Å². The maximum absolute atomic E-state index is 6.19. The SMILES string of the molecule is c1ccc2c(c1)ccc1sc3cnc(N(c4ccc5oc6ccccc6c5c4)c4ccc5oc6ccccc6c5c4)cc3c12. The summed E-state index contributed by atoms with van der Waals surface area (Å²) in [7, 11) is 0. The average molecular weight is 583 g/mol. The normalized spacial score (nSPS) is 12.1. The van der Waals surface area contributed by atoms with Gasteiger partial charge in [-0.3, -0.25) is 4.90 Å². The lowest BCUT2D eigenvalue weighted by atomic mass is 10.0. The fourth-order valence-electron chi connectivity index (χ4n) is 6.68. The highest BCUT2D eigenvalue weighted by atomic mass is 32.1. The van der Waals surface area contributed by atoms with Crippen LogP contribution in [0.15, 0.2) is 142 Å². The Kier molecular flexibility index (Phi) is 4.84. The quantitative estimate of drug-likeness (QED) is 0.208. The first-order valence-corrected chi connectivity index (χ1v) is 15.4. The summed E-state index contributed by atoms with van der Waals surface area (Å²) >= 11 is 1.79. The van der Waals surface area contributed by atoms with Gasteiger partial charge in [-0.05, 0) is 71.4 Å². The number of thiophene rings is 1. The minimum Gasteiger partial charge on any atom is -0.456 e. The summed E-state index contributed by atoms with van der Waals surface area (Å²) in [5, 5.41) is 9.33. The molecule has 10 aromatic rings. The van der Waals surface area contributed by atoms with E-state index in [1.165, 1.54) is 30.9 Å². The Bertz CT molecular complexity index is 2640. The summed E-state index contributed by atoms with van der Waals surface area (Å²) in [6, 6.07) is 44.5. The van der Waals surface area contributed by atoms with Crippen molar-refractivity contribution in [3.05, 3.63) is 134 Å². The van der Waals surface area contributed by atoms with Gasteiger partial charge in [-0.25, -0.2) is 4.98 Å². The van der Waals surface area contributed by atoms with Crippen LogP contribution in [-0.2, 0) is 0 Å². The largest absolute Gasteiger partial charge is 0.456 e. The molecule has 6 aromatic carbocycles. The highest BCUT2D eigenvalue weighted by molar-refractivity contribution is 7.26. The van der Waals surface area contributed by atoms with Crippen LogP contribution in [0.25, 0.3) is 74.8 Å². The molecule has 0 radical (unpaired) electrons. The third-order valence-corrected chi connectivity index (χ3v) is 9.80. The molecule has 0 atom stereocenters. The highest BCUT2D eigenvalue weighted by Crippen LogP contribution is 2.44. The number of hydrogen-bond donors (Lipinski definition) is 0. The number of anilines is 3. The first-order valence-electron chi connectivity index (χ1n) is 14.6. The van der Waals surface area contributed by atoms with Crippen LogP contribution >= 0.6 is 11.3 Å². The third kappa shape index (κ3) is 3.41. The number of rotatable bonds is 3. The summed E-state index contributed by atoms with van der Waals surface area (Å²) in [4.78, 5) is 7.33. The van der Waals surface area contributed by atoms with E-state index in [-0.39, 0.29) is 0 Å². The second-order valence-electron chi connectivity index (χ2n) is 11.2. The fraction of sp³-hybridized carbons (Fsp3) is 0. The maximum Gasteiger partial charge on any atom is 0.138 e. The Morgan fingerprint density at radius 3 is 1.75 bits per heavy atom. The van der Waals surface area contributed by atoms with Gasteiger partial charge in [-0.15, -0.1) is 11.3 Å². The first kappa shape index (κ1) is 23.9. The predicted molar refractivity (Wildman–Crippen MR) is 184 cm³/mol. The summed E-state index contributed by atoms with van der Waals surface area (Å²) in [6.45, 7) is 0. The van der Waals surface area contributed by atoms with Gasteiger partial charge in [0.05, 0.1) is 4.70 Å². The molecule has 0 fully saturated rings. The van der Waals surface area contributed by atoms with Crippen molar-refractivity contribution in [1.82, 2.24) is 4.98 Å². The molecule has 0 bridgehead atoms. The van der Waals surface area contributed by atoms with E-state index in [1.807, 2.05) is 30.5 Å². The highest BCUT2D eigenvalue weighted by Gasteiger charge is 2.20. The van der Waals surface area contributed by atoms with Crippen LogP contribution in [0.2, 0.25) is 0 Å². The summed E-state index contributed by atoms with van der Waals surface area (Å²) in [6.07, 6.45) is 2.02. The van der Waals surface area contributed by atoms with E-state index in [1.54, 1.807) is 11.3 Å². The number of para-hydroxylation sites is 2. The smallest absolute Gasteiger partial charge is 0.138 e. The van der Waals surface area contributed by atoms with Crippen molar-refractivity contribution in [2.24, 2.45) is 0 Å². The average Bonchev–Trinajstić information content (AvgIpc) is 3.76. The lowest BCUT2D eigenvalue weighted by Crippen LogP contribution is -2.11. The van der Waals surface area contributed by atoms with Crippen molar-refractivity contribution in [2.75, 3.05) is 4.90 Å². The minimum absolute atomic E-state index is 0.851. The van der Waals surface area contributed by atoms with Gasteiger partial charge in [0.2, 0.25) is 0 Å². The van der Waals surface area contributed by atoms with Gasteiger partial charge in [0.1, 0.15) is 28.1 Å². The molecule has 4 heterocycles. The fourth-order valence-corrected chi connectivity index (χ4v) is 7.75. The summed E-state index contributed by atoms with van der Waals surface area (Å²) < 4.78 is 14.8. The zero-order valence-electron chi connectivity index (χ0n) is 23.3. The van der Waals surface area contributed by atoms with Crippen LogP contribution < -0.4 is 4.90 Å². The lowest BCUT2D eigenvalue weighted by molar-refractivity contribution is 0.668. The van der Waals surface area contributed by atoms with Crippen molar-refractivity contribution in [1.29, 1.82) is 0 Å². The molecule has 0 aliphatic heterocycles. The second kappa shape index (κ2) is 8.93. The standard InChI is InChI=1S/C39H22N2O2S/c1-2-8-26-23(7-1)13-18-36-39(26)31-21-38(40-22-37(31)44-36)41(24-14-16-34-29(19-24)27-9-3-5-11-32(27)42-34)25-15-17-35-30(20-25)28-10-4-6-12-33(28)43-35/h1-22H. The van der Waals surface area contributed by atoms with Crippen LogP contribution in [0.5, 0.6) is 0 Å². The van der Waals surface area contributed by atoms with E-state index < -0.39 is 0 Å². The maximum atomic E-state index is 6.19. The predicted octanol–water partition coefficient (Wildman–Crippen LogP) is 11.9. The second-order valence-corrected chi connectivity index (χ2v) is 12.3. The monoisotopic (exact) mass is 582 g/mol. The molecule has 0 saturated carbocycles. The number of fused-ring (bicyclic) bond motifs is 11. The molecule has 0 aliphatic rings. The molecule has 10 rings (SSSR count). The Morgan fingerprint density at radius 1 is 0.477 bits per heavy atom. The zero-order chi connectivity index (χ0) is 28.8. The Balaban J connectivity index is 1.26. The molecule has 0 amide bonds. The van der Waals surface area contributed by atoms with E-state index in [2.05, 4.69) is 108 Å². The number of pyridine rings is 1. The van der Waals surface area contributed by atoms with Gasteiger partial charge in [-0.1, -0.05) is 66.7 Å². The lowest BCUT2D eigenvalue weighted by Gasteiger charge is -2.24. The van der Waals surface area contributed by atoms with Gasteiger partial charge >= 0.3 is 0 Å². The van der Waals surface area contributed by atoms with E-state index in [0.29, 0.717) is 0 Å². The van der Waals surface area contributed by atoms with Crippen LogP contribution in [0.4, 0.5) is 17.2 Å². The molecule has 4 aromatic heterocycles. The van der Waals surface area contributed by atoms with Gasteiger partial charge < -0.3 is 8.83 Å². The number of furan rings is 2. The number of hydrogen-bond acceptors (Lipinski definition) is 5. The number of benzene rings is 6. The molecule has 0 aliphatic carbocycles. The molecule has 44 heavy (non-hydrogen) atoms.